The molecule has 0 aliphatic carbocycles. The van der Waals surface area contributed by atoms with Crippen molar-refractivity contribution < 1.29 is 19.7 Å². The highest BCUT2D eigenvalue weighted by atomic mass is 16.5. The Morgan fingerprint density at radius 2 is 1.86 bits per heavy atom. The first-order chi connectivity index (χ1) is 14.2. The van der Waals surface area contributed by atoms with Crippen LogP contribution in [-0.4, -0.2) is 37.2 Å². The van der Waals surface area contributed by atoms with Crippen molar-refractivity contribution in [2.24, 2.45) is 0 Å². The van der Waals surface area contributed by atoms with Gasteiger partial charge < -0.3 is 19.9 Å². The van der Waals surface area contributed by atoms with Crippen molar-refractivity contribution in [3.8, 4) is 0 Å². The van der Waals surface area contributed by atoms with Crippen LogP contribution in [0.2, 0.25) is 0 Å². The standard InChI is InChI=1S/C24H27N3O2/c1-29-23(28)21-15-19-18-9-5-6-10-20(18)25-22(19)24(26-21)11-13-27(14-12-24)16-17-7-3-2-4-8-17/h2-10,21,25-26H,11-16H2,1H3/p+2/t21-/m1/s1. The van der Waals surface area contributed by atoms with Gasteiger partial charge in [-0.2, -0.15) is 0 Å². The maximum Gasteiger partial charge on any atom is 0.364 e. The van der Waals surface area contributed by atoms with Crippen LogP contribution in [0, 0.1) is 0 Å². The SMILES string of the molecule is COC(=O)[C@H]1Cc2c([nH]c3ccccc23)C2(CC[NH+](Cc3ccccc3)CC2)[NH2+]1. The van der Waals surface area contributed by atoms with E-state index in [9.17, 15) is 4.79 Å². The van der Waals surface area contributed by atoms with Crippen LogP contribution in [0.15, 0.2) is 54.6 Å². The molecular weight excluding hydrogens is 362 g/mol. The fourth-order valence-electron chi connectivity index (χ4n) is 5.41. The normalized spacial score (nSPS) is 26.4. The summed E-state index contributed by atoms with van der Waals surface area (Å²) in [6.07, 6.45) is 2.85. The molecule has 29 heavy (non-hydrogen) atoms. The lowest BCUT2D eigenvalue weighted by atomic mass is 9.77. The lowest BCUT2D eigenvalue weighted by Crippen LogP contribution is -3.15. The maximum atomic E-state index is 12.5. The number of carbonyl (C=O) groups excluding carboxylic acids is 1. The second-order valence-electron chi connectivity index (χ2n) is 8.59. The van der Waals surface area contributed by atoms with Crippen molar-refractivity contribution in [3.63, 3.8) is 0 Å². The zero-order valence-electron chi connectivity index (χ0n) is 16.9. The number of likely N-dealkylation sites (tertiary alicyclic amines) is 1. The summed E-state index contributed by atoms with van der Waals surface area (Å²) < 4.78 is 5.14. The molecule has 0 unspecified atom stereocenters. The Morgan fingerprint density at radius 3 is 2.62 bits per heavy atom. The van der Waals surface area contributed by atoms with Crippen molar-refractivity contribution in [1.82, 2.24) is 4.98 Å². The van der Waals surface area contributed by atoms with E-state index in [-0.39, 0.29) is 17.6 Å². The second kappa shape index (κ2) is 7.32. The summed E-state index contributed by atoms with van der Waals surface area (Å²) in [5, 5.41) is 3.55. The zero-order valence-corrected chi connectivity index (χ0v) is 16.9. The highest BCUT2D eigenvalue weighted by molar-refractivity contribution is 5.86. The second-order valence-corrected chi connectivity index (χ2v) is 8.59. The van der Waals surface area contributed by atoms with Crippen molar-refractivity contribution in [1.29, 1.82) is 0 Å². The molecule has 1 saturated heterocycles. The lowest BCUT2D eigenvalue weighted by Gasteiger charge is -2.42. The van der Waals surface area contributed by atoms with E-state index < -0.39 is 0 Å². The van der Waals surface area contributed by atoms with Crippen LogP contribution in [0.25, 0.3) is 10.9 Å². The average molecular weight is 392 g/mol. The van der Waals surface area contributed by atoms with Gasteiger partial charge in [-0.25, -0.2) is 4.79 Å². The minimum atomic E-state index is -0.164. The number of H-pyrrole nitrogens is 1. The molecule has 0 radical (unpaired) electrons. The number of piperidine rings is 1. The zero-order chi connectivity index (χ0) is 19.8. The molecule has 2 aliphatic rings. The minimum Gasteiger partial charge on any atom is -0.465 e. The summed E-state index contributed by atoms with van der Waals surface area (Å²) in [7, 11) is 1.50. The van der Waals surface area contributed by atoms with Crippen molar-refractivity contribution in [2.75, 3.05) is 20.2 Å². The first-order valence-corrected chi connectivity index (χ1v) is 10.6. The van der Waals surface area contributed by atoms with Crippen LogP contribution >= 0.6 is 0 Å². The van der Waals surface area contributed by atoms with E-state index >= 15 is 0 Å². The predicted molar refractivity (Wildman–Crippen MR) is 111 cm³/mol. The molecule has 4 N–H and O–H groups in total. The Bertz CT molecular complexity index is 1020. The summed E-state index contributed by atoms with van der Waals surface area (Å²) in [6.45, 7) is 3.28. The van der Waals surface area contributed by atoms with Crippen molar-refractivity contribution >= 4 is 16.9 Å². The van der Waals surface area contributed by atoms with E-state index in [1.54, 1.807) is 4.90 Å². The summed E-state index contributed by atoms with van der Waals surface area (Å²) in [5.74, 6) is -0.112. The van der Waals surface area contributed by atoms with Crippen LogP contribution < -0.4 is 10.2 Å². The molecule has 1 spiro atoms. The molecule has 3 heterocycles. The molecule has 0 saturated carbocycles. The lowest BCUT2D eigenvalue weighted by molar-refractivity contribution is -0.933. The molecule has 5 rings (SSSR count). The predicted octanol–water partition coefficient (Wildman–Crippen LogP) is 0.903. The molecule has 0 amide bonds. The number of rotatable bonds is 3. The van der Waals surface area contributed by atoms with Crippen LogP contribution in [0.4, 0.5) is 0 Å². The van der Waals surface area contributed by atoms with Gasteiger partial charge in [-0.15, -0.1) is 0 Å². The van der Waals surface area contributed by atoms with Crippen molar-refractivity contribution in [2.45, 2.75) is 37.4 Å². The Balaban J connectivity index is 1.45. The van der Waals surface area contributed by atoms with E-state index in [0.717, 1.165) is 38.9 Å². The number of hydrogen-bond donors (Lipinski definition) is 3. The van der Waals surface area contributed by atoms with E-state index in [2.05, 4.69) is 64.9 Å². The maximum absolute atomic E-state index is 12.5. The number of benzene rings is 2. The van der Waals surface area contributed by atoms with Crippen LogP contribution in [0.1, 0.15) is 29.7 Å². The van der Waals surface area contributed by atoms with Crippen LogP contribution in [0.5, 0.6) is 0 Å². The third-order valence-corrected chi connectivity index (χ3v) is 6.91. The van der Waals surface area contributed by atoms with Gasteiger partial charge in [0.15, 0.2) is 6.04 Å². The Hall–Kier alpha value is -2.63. The quantitative estimate of drug-likeness (QED) is 0.581. The summed E-state index contributed by atoms with van der Waals surface area (Å²) in [5.41, 5.74) is 5.15. The third kappa shape index (κ3) is 3.24. The Labute approximate surface area is 171 Å². The van der Waals surface area contributed by atoms with Crippen LogP contribution in [0.3, 0.4) is 0 Å². The number of aromatic amines is 1. The highest BCUT2D eigenvalue weighted by Crippen LogP contribution is 2.36. The number of methoxy groups -OCH3 is 1. The summed E-state index contributed by atoms with van der Waals surface area (Å²) in [4.78, 5) is 17.8. The summed E-state index contributed by atoms with van der Waals surface area (Å²) >= 11 is 0. The van der Waals surface area contributed by atoms with Gasteiger partial charge in [0.1, 0.15) is 12.1 Å². The average Bonchev–Trinajstić information content (AvgIpc) is 3.15. The molecule has 5 heteroatoms. The molecular formula is C24H29N3O2+2. The largest absolute Gasteiger partial charge is 0.465 e. The number of fused-ring (bicyclic) bond motifs is 4. The number of hydrogen-bond acceptors (Lipinski definition) is 2. The van der Waals surface area contributed by atoms with E-state index in [1.165, 1.54) is 34.8 Å². The monoisotopic (exact) mass is 391 g/mol. The number of carbonyl (C=O) groups is 1. The molecule has 5 nitrogen and oxygen atoms in total. The molecule has 2 aliphatic heterocycles. The first-order valence-electron chi connectivity index (χ1n) is 10.6. The van der Waals surface area contributed by atoms with Gasteiger partial charge in [0.25, 0.3) is 0 Å². The molecule has 150 valence electrons. The molecule has 2 aromatic carbocycles. The van der Waals surface area contributed by atoms with Gasteiger partial charge >= 0.3 is 5.97 Å². The van der Waals surface area contributed by atoms with E-state index in [4.69, 9.17) is 4.74 Å². The number of ether oxygens (including phenoxy) is 1. The van der Waals surface area contributed by atoms with Gasteiger partial charge in [-0.3, -0.25) is 0 Å². The van der Waals surface area contributed by atoms with Gasteiger partial charge in [-0.05, 0) is 11.6 Å². The van der Waals surface area contributed by atoms with Crippen LogP contribution in [-0.2, 0) is 28.0 Å². The van der Waals surface area contributed by atoms with Gasteiger partial charge in [0.2, 0.25) is 0 Å². The fourth-order valence-corrected chi connectivity index (χ4v) is 5.41. The number of quaternary nitrogens is 2. The first kappa shape index (κ1) is 18.4. The third-order valence-electron chi connectivity index (χ3n) is 6.91. The Morgan fingerprint density at radius 1 is 1.14 bits per heavy atom. The smallest absolute Gasteiger partial charge is 0.364 e. The highest BCUT2D eigenvalue weighted by Gasteiger charge is 2.51. The molecule has 1 fully saturated rings. The number of aromatic nitrogens is 1. The summed E-state index contributed by atoms with van der Waals surface area (Å²) in [6, 6.07) is 19.1. The number of para-hydroxylation sites is 1. The number of nitrogens with two attached hydrogens (primary N) is 1. The molecule has 1 atom stereocenters. The molecule has 0 bridgehead atoms. The number of esters is 1. The number of nitrogens with one attached hydrogen (secondary N) is 2. The molecule has 1 aromatic heterocycles. The van der Waals surface area contributed by atoms with Gasteiger partial charge in [0.05, 0.1) is 38.7 Å². The van der Waals surface area contributed by atoms with Gasteiger partial charge in [-0.1, -0.05) is 48.5 Å². The van der Waals surface area contributed by atoms with E-state index in [1.807, 2.05) is 0 Å². The van der Waals surface area contributed by atoms with E-state index in [0.29, 0.717) is 0 Å². The molecule has 3 aromatic rings. The minimum absolute atomic E-state index is 0.0638. The Kier molecular flexibility index (Phi) is 4.64. The fraction of sp³-hybridized carbons (Fsp3) is 0.375. The van der Waals surface area contributed by atoms with Crippen molar-refractivity contribution in [3.05, 3.63) is 71.4 Å². The topological polar surface area (TPSA) is 63.1 Å². The van der Waals surface area contributed by atoms with Gasteiger partial charge in [0, 0.05) is 22.9 Å².